The molecule has 2 saturated heterocycles. The number of halogens is 1. The van der Waals surface area contributed by atoms with Gasteiger partial charge in [0.25, 0.3) is 5.91 Å². The molecule has 2 aliphatic rings. The van der Waals surface area contributed by atoms with Gasteiger partial charge in [0.1, 0.15) is 5.75 Å². The Kier molecular flexibility index (Phi) is 9.18. The van der Waals surface area contributed by atoms with E-state index in [1.54, 1.807) is 29.2 Å². The first-order valence-corrected chi connectivity index (χ1v) is 13.3. The molecule has 198 valence electrons. The molecule has 2 fully saturated rings. The highest BCUT2D eigenvalue weighted by atomic mass is 79.9. The average Bonchev–Trinajstić information content (AvgIpc) is 3.27. The van der Waals surface area contributed by atoms with Gasteiger partial charge in [-0.1, -0.05) is 15.9 Å². The number of carbonyl (C=O) groups excluding carboxylic acids is 3. The number of rotatable bonds is 9. The number of ether oxygens (including phenoxy) is 2. The van der Waals surface area contributed by atoms with Gasteiger partial charge in [0.05, 0.1) is 19.1 Å². The van der Waals surface area contributed by atoms with Crippen LogP contribution in [-0.2, 0) is 19.1 Å². The summed E-state index contributed by atoms with van der Waals surface area (Å²) in [6.07, 6.45) is 0.191. The Morgan fingerprint density at radius 1 is 1.11 bits per heavy atom. The van der Waals surface area contributed by atoms with E-state index in [-0.39, 0.29) is 36.7 Å². The largest absolute Gasteiger partial charge is 0.484 e. The minimum atomic E-state index is -0.373. The highest BCUT2D eigenvalue weighted by Crippen LogP contribution is 2.28. The van der Waals surface area contributed by atoms with E-state index in [1.165, 1.54) is 0 Å². The summed E-state index contributed by atoms with van der Waals surface area (Å²) in [5.41, 5.74) is 3.40. The highest BCUT2D eigenvalue weighted by molar-refractivity contribution is 9.10. The van der Waals surface area contributed by atoms with Crippen LogP contribution in [0.5, 0.6) is 5.75 Å². The van der Waals surface area contributed by atoms with Crippen LogP contribution >= 0.6 is 15.9 Å². The fourth-order valence-corrected chi connectivity index (χ4v) is 5.28. The molecule has 1 atom stereocenters. The van der Waals surface area contributed by atoms with E-state index in [2.05, 4.69) is 31.5 Å². The number of nitrogens with zero attached hydrogens (tertiary/aromatic N) is 2. The lowest BCUT2D eigenvalue weighted by atomic mass is 10.1. The van der Waals surface area contributed by atoms with Gasteiger partial charge in [0.2, 0.25) is 11.8 Å². The number of carbonyl (C=O) groups is 3. The van der Waals surface area contributed by atoms with Crippen LogP contribution in [0.1, 0.15) is 17.5 Å². The van der Waals surface area contributed by atoms with Crippen molar-refractivity contribution in [1.82, 2.24) is 10.2 Å². The zero-order valence-corrected chi connectivity index (χ0v) is 22.8. The molecule has 0 spiro atoms. The molecular weight excluding hydrogens is 540 g/mol. The van der Waals surface area contributed by atoms with E-state index in [9.17, 15) is 14.4 Å². The lowest BCUT2D eigenvalue weighted by molar-refractivity contribution is -0.126. The zero-order valence-electron chi connectivity index (χ0n) is 21.2. The lowest BCUT2D eigenvalue weighted by Crippen LogP contribution is -2.42. The number of hydrogen-bond donors (Lipinski definition) is 2. The molecule has 2 N–H and O–H groups in total. The predicted octanol–water partition coefficient (Wildman–Crippen LogP) is 2.88. The quantitative estimate of drug-likeness (QED) is 0.479. The average molecular weight is 573 g/mol. The summed E-state index contributed by atoms with van der Waals surface area (Å²) in [7, 11) is 0. The summed E-state index contributed by atoms with van der Waals surface area (Å²) in [6, 6.07) is 10.9. The first-order chi connectivity index (χ1) is 17.8. The summed E-state index contributed by atoms with van der Waals surface area (Å²) in [5.74, 6) is -0.280. The Balaban J connectivity index is 1.24. The van der Waals surface area contributed by atoms with Crippen LogP contribution in [0.2, 0.25) is 0 Å². The summed E-state index contributed by atoms with van der Waals surface area (Å²) >= 11 is 3.46. The maximum absolute atomic E-state index is 12.6. The fraction of sp³-hybridized carbons (Fsp3) is 0.444. The summed E-state index contributed by atoms with van der Waals surface area (Å²) in [6.45, 7) is 8.62. The van der Waals surface area contributed by atoms with E-state index < -0.39 is 0 Å². The first-order valence-electron chi connectivity index (χ1n) is 12.5. The topological polar surface area (TPSA) is 100 Å². The number of nitrogens with one attached hydrogen (secondary N) is 2. The standard InChI is InChI=1S/C27H33BrN4O5/c1-18-13-21(28)14-19(2)26(18)30-24(33)17-37-23-5-3-22(4-6-23)32-16-20(15-25(32)34)27(35)29-7-8-31-9-11-36-12-10-31/h3-6,13-14,20H,7-12,15-17H2,1-2H3,(H,29,35)(H,30,33)/t20-/m1/s1. The van der Waals surface area contributed by atoms with Gasteiger partial charge >= 0.3 is 0 Å². The SMILES string of the molecule is Cc1cc(Br)cc(C)c1NC(=O)COc1ccc(N2C[C@H](C(=O)NCCN3CCOCC3)CC2=O)cc1. The van der Waals surface area contributed by atoms with Crippen LogP contribution in [0.25, 0.3) is 0 Å². The molecule has 0 unspecified atom stereocenters. The zero-order chi connectivity index (χ0) is 26.4. The molecule has 9 nitrogen and oxygen atoms in total. The van der Waals surface area contributed by atoms with Crippen LogP contribution in [0.15, 0.2) is 40.9 Å². The molecule has 2 aromatic rings. The van der Waals surface area contributed by atoms with Crippen LogP contribution < -0.4 is 20.3 Å². The molecule has 0 aliphatic carbocycles. The van der Waals surface area contributed by atoms with Crippen molar-refractivity contribution >= 4 is 45.0 Å². The van der Waals surface area contributed by atoms with E-state index in [0.717, 1.165) is 54.1 Å². The van der Waals surface area contributed by atoms with Crippen molar-refractivity contribution in [1.29, 1.82) is 0 Å². The van der Waals surface area contributed by atoms with E-state index in [1.807, 2.05) is 26.0 Å². The number of aryl methyl sites for hydroxylation is 2. The second-order valence-corrected chi connectivity index (χ2v) is 10.3. The maximum atomic E-state index is 12.6. The van der Waals surface area contributed by atoms with Gasteiger partial charge in [-0.05, 0) is 61.4 Å². The van der Waals surface area contributed by atoms with Crippen LogP contribution in [-0.4, -0.2) is 75.2 Å². The van der Waals surface area contributed by atoms with Crippen molar-refractivity contribution in [3.05, 3.63) is 52.0 Å². The maximum Gasteiger partial charge on any atom is 0.262 e. The Hall–Kier alpha value is -2.95. The molecule has 0 radical (unpaired) electrons. The Bertz CT molecular complexity index is 1110. The van der Waals surface area contributed by atoms with Crippen LogP contribution in [0.4, 0.5) is 11.4 Å². The predicted molar refractivity (Wildman–Crippen MR) is 145 cm³/mol. The molecule has 0 bridgehead atoms. The van der Waals surface area contributed by atoms with Gasteiger partial charge < -0.3 is 25.0 Å². The van der Waals surface area contributed by atoms with Gasteiger partial charge in [0.15, 0.2) is 6.61 Å². The van der Waals surface area contributed by atoms with Gasteiger partial charge in [0, 0.05) is 55.0 Å². The second kappa shape index (κ2) is 12.5. The highest BCUT2D eigenvalue weighted by Gasteiger charge is 2.35. The molecule has 4 rings (SSSR count). The third-order valence-corrected chi connectivity index (χ3v) is 7.06. The third kappa shape index (κ3) is 7.30. The van der Waals surface area contributed by atoms with Gasteiger partial charge in [-0.15, -0.1) is 0 Å². The molecule has 2 heterocycles. The normalized spacial score (nSPS) is 18.1. The number of benzene rings is 2. The molecule has 0 aromatic heterocycles. The van der Waals surface area contributed by atoms with Crippen molar-refractivity contribution < 1.29 is 23.9 Å². The minimum absolute atomic E-state index is 0.0818. The first kappa shape index (κ1) is 27.1. The summed E-state index contributed by atoms with van der Waals surface area (Å²) in [5, 5.41) is 5.87. The summed E-state index contributed by atoms with van der Waals surface area (Å²) in [4.78, 5) is 41.5. The Labute approximate surface area is 225 Å². The molecule has 10 heteroatoms. The minimum Gasteiger partial charge on any atom is -0.484 e. The Morgan fingerprint density at radius 3 is 2.46 bits per heavy atom. The van der Waals surface area contributed by atoms with Crippen molar-refractivity contribution in [2.45, 2.75) is 20.3 Å². The smallest absolute Gasteiger partial charge is 0.262 e. The molecular formula is C27H33BrN4O5. The summed E-state index contributed by atoms with van der Waals surface area (Å²) < 4.78 is 11.9. The molecule has 37 heavy (non-hydrogen) atoms. The molecule has 3 amide bonds. The lowest BCUT2D eigenvalue weighted by Gasteiger charge is -2.26. The van der Waals surface area contributed by atoms with Crippen molar-refractivity contribution in [3.63, 3.8) is 0 Å². The van der Waals surface area contributed by atoms with Crippen LogP contribution in [0.3, 0.4) is 0 Å². The van der Waals surface area contributed by atoms with E-state index >= 15 is 0 Å². The fourth-order valence-electron chi connectivity index (χ4n) is 4.59. The van der Waals surface area contributed by atoms with E-state index in [0.29, 0.717) is 24.5 Å². The third-order valence-electron chi connectivity index (χ3n) is 6.61. The van der Waals surface area contributed by atoms with Gasteiger partial charge in [-0.25, -0.2) is 0 Å². The second-order valence-electron chi connectivity index (χ2n) is 9.40. The van der Waals surface area contributed by atoms with Gasteiger partial charge in [-0.3, -0.25) is 19.3 Å². The van der Waals surface area contributed by atoms with Crippen molar-refractivity contribution in [2.24, 2.45) is 5.92 Å². The number of hydrogen-bond acceptors (Lipinski definition) is 6. The number of anilines is 2. The van der Waals surface area contributed by atoms with Crippen molar-refractivity contribution in [3.8, 4) is 5.75 Å². The molecule has 0 saturated carbocycles. The van der Waals surface area contributed by atoms with E-state index in [4.69, 9.17) is 9.47 Å². The number of amides is 3. The molecule has 2 aliphatic heterocycles. The van der Waals surface area contributed by atoms with Gasteiger partial charge in [-0.2, -0.15) is 0 Å². The Morgan fingerprint density at radius 2 is 1.78 bits per heavy atom. The van der Waals surface area contributed by atoms with Crippen LogP contribution in [0, 0.1) is 19.8 Å². The number of morpholine rings is 1. The molecule has 2 aromatic carbocycles. The van der Waals surface area contributed by atoms with Crippen molar-refractivity contribution in [2.75, 3.05) is 62.8 Å². The monoisotopic (exact) mass is 572 g/mol.